The fraction of sp³-hybridized carbons (Fsp3) is 0.576. The Morgan fingerprint density at radius 1 is 0.907 bits per heavy atom. The Morgan fingerprint density at radius 3 is 2.26 bits per heavy atom. The van der Waals surface area contributed by atoms with Crippen LogP contribution in [-0.4, -0.2) is 52.5 Å². The van der Waals surface area contributed by atoms with Gasteiger partial charge in [-0.3, -0.25) is 9.59 Å². The van der Waals surface area contributed by atoms with Crippen molar-refractivity contribution in [2.24, 2.45) is 29.6 Å². The third-order valence-corrected chi connectivity index (χ3v) is 10.2. The molecule has 2 saturated heterocycles. The summed E-state index contributed by atoms with van der Waals surface area (Å²) < 4.78 is 47.6. The van der Waals surface area contributed by atoms with E-state index in [4.69, 9.17) is 37.9 Å². The predicted molar refractivity (Wildman–Crippen MR) is 151 cm³/mol. The van der Waals surface area contributed by atoms with Gasteiger partial charge >= 0.3 is 11.9 Å². The zero-order valence-electron chi connectivity index (χ0n) is 25.3. The Hall–Kier alpha value is -3.66. The van der Waals surface area contributed by atoms with Crippen LogP contribution in [0.25, 0.3) is 0 Å². The Kier molecular flexibility index (Phi) is 6.68. The number of hydrogen-bond donors (Lipinski definition) is 0. The van der Waals surface area contributed by atoms with Crippen LogP contribution in [0.1, 0.15) is 62.6 Å². The summed E-state index contributed by atoms with van der Waals surface area (Å²) in [5.74, 6) is 0.175. The van der Waals surface area contributed by atoms with Crippen molar-refractivity contribution in [2.75, 3.05) is 28.1 Å². The second kappa shape index (κ2) is 10.2. The highest BCUT2D eigenvalue weighted by Gasteiger charge is 2.72. The van der Waals surface area contributed by atoms with E-state index in [9.17, 15) is 9.59 Å². The van der Waals surface area contributed by atoms with Gasteiger partial charge < -0.3 is 37.9 Å². The monoisotopic (exact) mass is 594 g/mol. The van der Waals surface area contributed by atoms with Gasteiger partial charge in [0.1, 0.15) is 5.92 Å². The number of methoxy groups -OCH3 is 3. The van der Waals surface area contributed by atoms with Crippen molar-refractivity contribution in [2.45, 2.75) is 63.9 Å². The van der Waals surface area contributed by atoms with E-state index in [0.717, 1.165) is 19.3 Å². The number of hydrogen-bond acceptors (Lipinski definition) is 10. The zero-order chi connectivity index (χ0) is 30.2. The first kappa shape index (κ1) is 28.1. The summed E-state index contributed by atoms with van der Waals surface area (Å²) in [7, 11) is 4.55. The summed E-state index contributed by atoms with van der Waals surface area (Å²) in [4.78, 5) is 28.1. The quantitative estimate of drug-likeness (QED) is 0.410. The van der Waals surface area contributed by atoms with Gasteiger partial charge in [0.15, 0.2) is 28.6 Å². The van der Waals surface area contributed by atoms with E-state index in [-0.39, 0.29) is 12.9 Å². The molecule has 2 aromatic carbocycles. The average molecular weight is 595 g/mol. The molecular formula is C33H38O10. The molecule has 2 bridgehead atoms. The molecule has 4 heterocycles. The number of cyclic esters (lactones) is 1. The molecule has 43 heavy (non-hydrogen) atoms. The number of benzene rings is 2. The highest BCUT2D eigenvalue weighted by molar-refractivity contribution is 5.91. The lowest BCUT2D eigenvalue weighted by molar-refractivity contribution is -0.211. The molecule has 0 spiro atoms. The molecule has 0 N–H and O–H groups in total. The largest absolute Gasteiger partial charge is 0.493 e. The van der Waals surface area contributed by atoms with Crippen LogP contribution in [-0.2, 0) is 29.4 Å². The molecule has 0 radical (unpaired) electrons. The fourth-order valence-corrected chi connectivity index (χ4v) is 8.15. The van der Waals surface area contributed by atoms with Gasteiger partial charge in [0.05, 0.1) is 39.3 Å². The molecule has 2 aliphatic carbocycles. The van der Waals surface area contributed by atoms with Gasteiger partial charge in [0.2, 0.25) is 18.8 Å². The van der Waals surface area contributed by atoms with Gasteiger partial charge in [-0.1, -0.05) is 27.2 Å². The third kappa shape index (κ3) is 4.01. The molecule has 0 unspecified atom stereocenters. The van der Waals surface area contributed by atoms with Crippen molar-refractivity contribution < 1.29 is 47.5 Å². The smallest absolute Gasteiger partial charge is 0.316 e. The summed E-state index contributed by atoms with van der Waals surface area (Å²) in [5, 5.41) is 0. The Bertz CT molecular complexity index is 1440. The summed E-state index contributed by atoms with van der Waals surface area (Å²) in [6, 6.07) is 7.11. The number of rotatable bonds is 7. The molecule has 0 aromatic heterocycles. The first-order chi connectivity index (χ1) is 20.7. The van der Waals surface area contributed by atoms with Crippen molar-refractivity contribution in [3.63, 3.8) is 0 Å². The SMILES string of the molecule is COc1cc([C@@]23OC(=O)[C@@H](c4cc5c(cc42)OCO5)[C@H]2[C@H](O[C@H]4C[C@@H](C)CC[C@@H]4C(C)C)OC(=O)[C@H]23)cc(OC)c1OC. The third-order valence-electron chi connectivity index (χ3n) is 10.2. The molecule has 8 atom stereocenters. The van der Waals surface area contributed by atoms with Gasteiger partial charge in [-0.25, -0.2) is 0 Å². The second-order valence-corrected chi connectivity index (χ2v) is 12.7. The van der Waals surface area contributed by atoms with E-state index in [1.807, 2.05) is 12.1 Å². The van der Waals surface area contributed by atoms with Crippen molar-refractivity contribution in [1.82, 2.24) is 0 Å². The molecule has 10 nitrogen and oxygen atoms in total. The standard InChI is InChI=1S/C33H38O10/c1-15(2)18-8-7-16(3)9-21(18)41-32-27-26-19-12-22-23(40-14-39-22)13-20(19)33(43-30(26)34,28(27)31(35)42-32)17-10-24(36-4)29(38-6)25(11-17)37-5/h10-13,15-16,18,21,26-28,32H,7-9,14H2,1-6H3/t16-,18+,21-,26-,27+,28-,32+,33+/m0/s1. The first-order valence-corrected chi connectivity index (χ1v) is 15.0. The summed E-state index contributed by atoms with van der Waals surface area (Å²) in [5.41, 5.74) is 0.278. The van der Waals surface area contributed by atoms with E-state index >= 15 is 0 Å². The van der Waals surface area contributed by atoms with Crippen LogP contribution in [0.3, 0.4) is 0 Å². The number of carbonyl (C=O) groups excluding carboxylic acids is 2. The molecule has 10 heteroatoms. The van der Waals surface area contributed by atoms with Crippen LogP contribution >= 0.6 is 0 Å². The fourth-order valence-electron chi connectivity index (χ4n) is 8.15. The minimum atomic E-state index is -1.56. The zero-order valence-corrected chi connectivity index (χ0v) is 25.3. The van der Waals surface area contributed by atoms with Crippen molar-refractivity contribution >= 4 is 11.9 Å². The molecule has 0 amide bonds. The van der Waals surface area contributed by atoms with Gasteiger partial charge in [0, 0.05) is 11.1 Å². The van der Waals surface area contributed by atoms with Gasteiger partial charge in [-0.05, 0) is 60.4 Å². The molecule has 4 aliphatic heterocycles. The predicted octanol–water partition coefficient (Wildman–Crippen LogP) is 4.93. The number of carbonyl (C=O) groups is 2. The molecule has 1 saturated carbocycles. The number of ether oxygens (including phenoxy) is 8. The Labute approximate surface area is 250 Å². The Morgan fingerprint density at radius 2 is 1.60 bits per heavy atom. The van der Waals surface area contributed by atoms with Crippen LogP contribution in [0.15, 0.2) is 24.3 Å². The lowest BCUT2D eigenvalue weighted by atomic mass is 9.57. The van der Waals surface area contributed by atoms with Crippen LogP contribution in [0.4, 0.5) is 0 Å². The van der Waals surface area contributed by atoms with Gasteiger partial charge in [-0.15, -0.1) is 0 Å². The average Bonchev–Trinajstić information content (AvgIpc) is 3.59. The molecule has 8 rings (SSSR count). The summed E-state index contributed by atoms with van der Waals surface area (Å²) >= 11 is 0. The normalized spacial score (nSPS) is 33.5. The van der Waals surface area contributed by atoms with E-state index in [0.29, 0.717) is 63.2 Å². The lowest BCUT2D eigenvalue weighted by Crippen LogP contribution is -2.59. The van der Waals surface area contributed by atoms with Gasteiger partial charge in [-0.2, -0.15) is 0 Å². The minimum absolute atomic E-state index is 0.0615. The van der Waals surface area contributed by atoms with E-state index in [2.05, 4.69) is 20.8 Å². The molecule has 230 valence electrons. The van der Waals surface area contributed by atoms with E-state index < -0.39 is 41.6 Å². The summed E-state index contributed by atoms with van der Waals surface area (Å²) in [6.45, 7) is 6.71. The molecule has 3 fully saturated rings. The van der Waals surface area contributed by atoms with E-state index in [1.54, 1.807) is 12.1 Å². The molecule has 2 aromatic rings. The van der Waals surface area contributed by atoms with E-state index in [1.165, 1.54) is 21.3 Å². The maximum absolute atomic E-state index is 14.1. The highest BCUT2D eigenvalue weighted by atomic mass is 16.7. The van der Waals surface area contributed by atoms with Crippen LogP contribution in [0.2, 0.25) is 0 Å². The van der Waals surface area contributed by atoms with Gasteiger partial charge in [0.25, 0.3) is 0 Å². The first-order valence-electron chi connectivity index (χ1n) is 15.0. The number of fused-ring (bicyclic) bond motifs is 2. The van der Waals surface area contributed by atoms with Crippen LogP contribution < -0.4 is 23.7 Å². The second-order valence-electron chi connectivity index (χ2n) is 12.7. The Balaban J connectivity index is 1.41. The van der Waals surface area contributed by atoms with Crippen molar-refractivity contribution in [3.05, 3.63) is 41.0 Å². The lowest BCUT2D eigenvalue weighted by Gasteiger charge is -2.52. The van der Waals surface area contributed by atoms with Crippen LogP contribution in [0, 0.1) is 29.6 Å². The maximum atomic E-state index is 14.1. The topological polar surface area (TPSA) is 108 Å². The highest BCUT2D eigenvalue weighted by Crippen LogP contribution is 2.65. The minimum Gasteiger partial charge on any atom is -0.493 e. The summed E-state index contributed by atoms with van der Waals surface area (Å²) in [6.07, 6.45) is 2.05. The maximum Gasteiger partial charge on any atom is 0.316 e. The van der Waals surface area contributed by atoms with Crippen LogP contribution in [0.5, 0.6) is 28.7 Å². The molecular weight excluding hydrogens is 556 g/mol. The molecule has 6 aliphatic rings. The number of esters is 2. The van der Waals surface area contributed by atoms with Crippen molar-refractivity contribution in [1.29, 1.82) is 0 Å². The van der Waals surface area contributed by atoms with Crippen molar-refractivity contribution in [3.8, 4) is 28.7 Å².